The van der Waals surface area contributed by atoms with Gasteiger partial charge in [-0.3, -0.25) is 10.1 Å². The predicted octanol–water partition coefficient (Wildman–Crippen LogP) is 2.43. The maximum atomic E-state index is 10.9. The van der Waals surface area contributed by atoms with Crippen LogP contribution in [0, 0.1) is 10.1 Å². The number of nitrogens with one attached hydrogen (secondary N) is 1. The number of nitro groups is 1. The van der Waals surface area contributed by atoms with E-state index in [-0.39, 0.29) is 11.7 Å². The number of nitro benzene ring substituents is 1. The zero-order valence-corrected chi connectivity index (χ0v) is 10.3. The molecule has 0 unspecified atom stereocenters. The summed E-state index contributed by atoms with van der Waals surface area (Å²) in [5, 5.41) is 13.9. The van der Waals surface area contributed by atoms with Gasteiger partial charge in [0.2, 0.25) is 0 Å². The second kappa shape index (κ2) is 5.38. The van der Waals surface area contributed by atoms with Gasteiger partial charge >= 0.3 is 0 Å². The number of methoxy groups -OCH3 is 2. The molecule has 0 spiro atoms. The summed E-state index contributed by atoms with van der Waals surface area (Å²) in [6, 6.07) is 3.01. The van der Waals surface area contributed by atoms with Crippen LogP contribution < -0.4 is 14.8 Å². The summed E-state index contributed by atoms with van der Waals surface area (Å²) in [5.41, 5.74) is 0.388. The highest BCUT2D eigenvalue weighted by molar-refractivity contribution is 5.68. The third kappa shape index (κ3) is 2.99. The van der Waals surface area contributed by atoms with Gasteiger partial charge in [0.05, 0.1) is 25.2 Å². The second-order valence-electron chi connectivity index (χ2n) is 3.78. The number of ether oxygens (including phenoxy) is 2. The van der Waals surface area contributed by atoms with Gasteiger partial charge in [0.1, 0.15) is 5.69 Å². The molecule has 0 amide bonds. The number of rotatable bonds is 5. The highest BCUT2D eigenvalue weighted by atomic mass is 16.6. The largest absolute Gasteiger partial charge is 0.493 e. The lowest BCUT2D eigenvalue weighted by molar-refractivity contribution is -0.384. The molecule has 0 radical (unpaired) electrons. The Morgan fingerprint density at radius 3 is 2.18 bits per heavy atom. The minimum absolute atomic E-state index is 0.0312. The van der Waals surface area contributed by atoms with Crippen molar-refractivity contribution >= 4 is 11.4 Å². The van der Waals surface area contributed by atoms with E-state index in [1.54, 1.807) is 6.07 Å². The summed E-state index contributed by atoms with van der Waals surface area (Å²) in [6.45, 7) is 3.81. The molecule has 17 heavy (non-hydrogen) atoms. The first-order valence-corrected chi connectivity index (χ1v) is 5.16. The Morgan fingerprint density at radius 2 is 1.76 bits per heavy atom. The molecule has 0 heterocycles. The number of hydrogen-bond donors (Lipinski definition) is 1. The molecule has 0 saturated carbocycles. The number of nitrogens with zero attached hydrogens (tertiary/aromatic N) is 1. The van der Waals surface area contributed by atoms with E-state index in [1.165, 1.54) is 20.3 Å². The lowest BCUT2D eigenvalue weighted by Gasteiger charge is -2.13. The molecule has 0 fully saturated rings. The Kier molecular flexibility index (Phi) is 4.14. The normalized spacial score (nSPS) is 10.2. The van der Waals surface area contributed by atoms with Gasteiger partial charge in [-0.25, -0.2) is 0 Å². The molecule has 0 aromatic heterocycles. The van der Waals surface area contributed by atoms with Crippen LogP contribution in [0.1, 0.15) is 13.8 Å². The van der Waals surface area contributed by atoms with Crippen molar-refractivity contribution in [2.45, 2.75) is 19.9 Å². The maximum Gasteiger partial charge on any atom is 0.296 e. The number of hydrogen-bond acceptors (Lipinski definition) is 5. The van der Waals surface area contributed by atoms with Crippen LogP contribution in [0.25, 0.3) is 0 Å². The molecule has 1 rings (SSSR count). The third-order valence-electron chi connectivity index (χ3n) is 2.14. The summed E-state index contributed by atoms with van der Waals surface area (Å²) in [5.74, 6) is 0.801. The van der Waals surface area contributed by atoms with E-state index in [4.69, 9.17) is 9.47 Å². The monoisotopic (exact) mass is 240 g/mol. The van der Waals surface area contributed by atoms with Gasteiger partial charge in [0, 0.05) is 12.1 Å². The van der Waals surface area contributed by atoms with Crippen LogP contribution in [0.3, 0.4) is 0 Å². The summed E-state index contributed by atoms with van der Waals surface area (Å²) in [4.78, 5) is 10.5. The lowest BCUT2D eigenvalue weighted by Crippen LogP contribution is -2.11. The van der Waals surface area contributed by atoms with Crippen LogP contribution in [-0.2, 0) is 0 Å². The Hall–Kier alpha value is -1.98. The SMILES string of the molecule is COc1cc(NC(C)C)c([N+](=O)[O-])cc1OC. The van der Waals surface area contributed by atoms with Crippen LogP contribution in [-0.4, -0.2) is 25.2 Å². The molecule has 1 aromatic carbocycles. The topological polar surface area (TPSA) is 73.6 Å². The van der Waals surface area contributed by atoms with Crippen LogP contribution in [0.4, 0.5) is 11.4 Å². The molecule has 94 valence electrons. The predicted molar refractivity (Wildman–Crippen MR) is 65.0 cm³/mol. The average molecular weight is 240 g/mol. The van der Waals surface area contributed by atoms with Crippen molar-refractivity contribution in [3.63, 3.8) is 0 Å². The van der Waals surface area contributed by atoms with E-state index < -0.39 is 4.92 Å². The van der Waals surface area contributed by atoms with Gasteiger partial charge in [0.15, 0.2) is 11.5 Å². The van der Waals surface area contributed by atoms with Crippen LogP contribution >= 0.6 is 0 Å². The quantitative estimate of drug-likeness (QED) is 0.632. The van der Waals surface area contributed by atoms with Gasteiger partial charge in [-0.2, -0.15) is 0 Å². The number of anilines is 1. The van der Waals surface area contributed by atoms with Crippen LogP contribution in [0.5, 0.6) is 11.5 Å². The molecule has 1 aromatic rings. The van der Waals surface area contributed by atoms with Crippen LogP contribution in [0.2, 0.25) is 0 Å². The van der Waals surface area contributed by atoms with Gasteiger partial charge in [-0.05, 0) is 13.8 Å². The summed E-state index contributed by atoms with van der Waals surface area (Å²) in [6.07, 6.45) is 0. The third-order valence-corrected chi connectivity index (χ3v) is 2.14. The first-order valence-electron chi connectivity index (χ1n) is 5.16. The van der Waals surface area contributed by atoms with Crippen molar-refractivity contribution in [1.82, 2.24) is 0 Å². The smallest absolute Gasteiger partial charge is 0.296 e. The molecular formula is C11H16N2O4. The fourth-order valence-electron chi connectivity index (χ4n) is 1.45. The molecule has 0 bridgehead atoms. The Bertz CT molecular complexity index is 418. The average Bonchev–Trinajstić information content (AvgIpc) is 2.27. The first kappa shape index (κ1) is 13.1. The lowest BCUT2D eigenvalue weighted by atomic mass is 10.2. The van der Waals surface area contributed by atoms with E-state index in [9.17, 15) is 10.1 Å². The zero-order chi connectivity index (χ0) is 13.0. The fourth-order valence-corrected chi connectivity index (χ4v) is 1.45. The summed E-state index contributed by atoms with van der Waals surface area (Å²) in [7, 11) is 2.93. The van der Waals surface area contributed by atoms with E-state index in [0.29, 0.717) is 17.2 Å². The number of benzene rings is 1. The van der Waals surface area contributed by atoms with E-state index in [0.717, 1.165) is 0 Å². The van der Waals surface area contributed by atoms with Crippen molar-refractivity contribution in [2.24, 2.45) is 0 Å². The minimum atomic E-state index is -0.452. The van der Waals surface area contributed by atoms with Crippen LogP contribution in [0.15, 0.2) is 12.1 Å². The summed E-state index contributed by atoms with van der Waals surface area (Å²) >= 11 is 0. The molecular weight excluding hydrogens is 224 g/mol. The molecule has 0 aliphatic heterocycles. The zero-order valence-electron chi connectivity index (χ0n) is 10.3. The highest BCUT2D eigenvalue weighted by Gasteiger charge is 2.19. The van der Waals surface area contributed by atoms with Crippen molar-refractivity contribution in [1.29, 1.82) is 0 Å². The van der Waals surface area contributed by atoms with Crippen molar-refractivity contribution < 1.29 is 14.4 Å². The minimum Gasteiger partial charge on any atom is -0.493 e. The molecule has 1 N–H and O–H groups in total. The first-order chi connectivity index (χ1) is 7.99. The van der Waals surface area contributed by atoms with E-state index >= 15 is 0 Å². The maximum absolute atomic E-state index is 10.9. The van der Waals surface area contributed by atoms with Gasteiger partial charge in [-0.15, -0.1) is 0 Å². The summed E-state index contributed by atoms with van der Waals surface area (Å²) < 4.78 is 10.1. The molecule has 0 aliphatic rings. The Labute approximate surface area is 99.7 Å². The standard InChI is InChI=1S/C11H16N2O4/c1-7(2)12-8-5-10(16-3)11(17-4)6-9(8)13(14)15/h5-7,12H,1-4H3. The van der Waals surface area contributed by atoms with E-state index in [1.807, 2.05) is 13.8 Å². The van der Waals surface area contributed by atoms with Gasteiger partial charge in [0.25, 0.3) is 5.69 Å². The molecule has 0 aliphatic carbocycles. The van der Waals surface area contributed by atoms with Crippen molar-refractivity contribution in [3.8, 4) is 11.5 Å². The Morgan fingerprint density at radius 1 is 1.24 bits per heavy atom. The molecule has 6 nitrogen and oxygen atoms in total. The van der Waals surface area contributed by atoms with Crippen molar-refractivity contribution in [3.05, 3.63) is 22.2 Å². The van der Waals surface area contributed by atoms with Gasteiger partial charge in [-0.1, -0.05) is 0 Å². The van der Waals surface area contributed by atoms with E-state index in [2.05, 4.69) is 5.32 Å². The fraction of sp³-hybridized carbons (Fsp3) is 0.455. The second-order valence-corrected chi connectivity index (χ2v) is 3.78. The molecule has 0 saturated heterocycles. The molecule has 6 heteroatoms. The van der Waals surface area contributed by atoms with Crippen molar-refractivity contribution in [2.75, 3.05) is 19.5 Å². The molecule has 0 atom stereocenters. The Balaban J connectivity index is 3.29. The van der Waals surface area contributed by atoms with Gasteiger partial charge < -0.3 is 14.8 Å². The highest BCUT2D eigenvalue weighted by Crippen LogP contribution is 2.37.